The van der Waals surface area contributed by atoms with Crippen LogP contribution in [0, 0.1) is 68.5 Å². The third-order valence-corrected chi connectivity index (χ3v) is 14.5. The normalized spacial score (nSPS) is 54.9. The zero-order valence-corrected chi connectivity index (χ0v) is 24.6. The number of carbonyl (C=O) groups excluding carboxylic acids is 1. The van der Waals surface area contributed by atoms with Crippen LogP contribution in [0.5, 0.6) is 0 Å². The van der Waals surface area contributed by atoms with E-state index < -0.39 is 0 Å². The summed E-state index contributed by atoms with van der Waals surface area (Å²) in [5.41, 5.74) is 2.65. The van der Waals surface area contributed by atoms with Crippen LogP contribution >= 0.6 is 0 Å². The summed E-state index contributed by atoms with van der Waals surface area (Å²) >= 11 is 0. The largest absolute Gasteiger partial charge is 0.469 e. The van der Waals surface area contributed by atoms with Crippen LogP contribution in [0.4, 0.5) is 0 Å². The number of hydrogen-bond acceptors (Lipinski definition) is 2. The molecule has 5 rings (SSSR count). The highest BCUT2D eigenvalue weighted by atomic mass is 16.5. The summed E-state index contributed by atoms with van der Waals surface area (Å²) in [6.45, 7) is 23.1. The lowest BCUT2D eigenvalue weighted by molar-refractivity contribution is -0.205. The summed E-state index contributed by atoms with van der Waals surface area (Å²) in [6, 6.07) is 0. The van der Waals surface area contributed by atoms with Crippen molar-refractivity contribution in [3.8, 4) is 0 Å². The topological polar surface area (TPSA) is 26.3 Å². The van der Waals surface area contributed by atoms with Crippen molar-refractivity contribution in [1.82, 2.24) is 0 Å². The number of hydrogen-bond donors (Lipinski definition) is 0. The van der Waals surface area contributed by atoms with Gasteiger partial charge in [0.15, 0.2) is 0 Å². The van der Waals surface area contributed by atoms with Gasteiger partial charge in [-0.3, -0.25) is 4.79 Å². The van der Waals surface area contributed by atoms with Crippen LogP contribution in [0.25, 0.3) is 0 Å². The van der Waals surface area contributed by atoms with Gasteiger partial charge < -0.3 is 4.74 Å². The lowest BCUT2D eigenvalue weighted by Gasteiger charge is -2.72. The summed E-state index contributed by atoms with van der Waals surface area (Å²) < 4.78 is 5.54. The highest BCUT2D eigenvalue weighted by molar-refractivity contribution is 5.78. The lowest BCUT2D eigenvalue weighted by Crippen LogP contribution is -2.65. The number of rotatable bonds is 1. The van der Waals surface area contributed by atoms with Gasteiger partial charge >= 0.3 is 5.97 Å². The quantitative estimate of drug-likeness (QED) is 0.276. The van der Waals surface area contributed by atoms with E-state index in [0.29, 0.717) is 34.0 Å². The number of carbonyl (C=O) groups is 1. The van der Waals surface area contributed by atoms with Crippen molar-refractivity contribution in [2.24, 2.45) is 68.5 Å². The molecule has 5 aliphatic carbocycles. The van der Waals surface area contributed by atoms with Crippen LogP contribution in [0.15, 0.2) is 11.6 Å². The van der Waals surface area contributed by atoms with Gasteiger partial charge in [-0.05, 0) is 114 Å². The predicted octanol–water partition coefficient (Wildman–Crippen LogP) is 8.70. The fourth-order valence-corrected chi connectivity index (χ4v) is 11.8. The van der Waals surface area contributed by atoms with Crippen LogP contribution in [-0.2, 0) is 9.53 Å². The van der Waals surface area contributed by atoms with Crippen LogP contribution < -0.4 is 0 Å². The summed E-state index contributed by atoms with van der Waals surface area (Å²) in [5, 5.41) is 0. The monoisotopic (exact) mass is 482 g/mol. The summed E-state index contributed by atoms with van der Waals surface area (Å²) in [5.74, 6) is 4.74. The van der Waals surface area contributed by atoms with E-state index in [1.807, 2.05) is 0 Å². The summed E-state index contributed by atoms with van der Waals surface area (Å²) in [7, 11) is 1.62. The average molecular weight is 483 g/mol. The van der Waals surface area contributed by atoms with Crippen LogP contribution in [0.2, 0.25) is 0 Å². The first kappa shape index (κ1) is 25.8. The first-order chi connectivity index (χ1) is 16.2. The zero-order chi connectivity index (χ0) is 25.8. The first-order valence-electron chi connectivity index (χ1n) is 15.0. The Morgan fingerprint density at radius 2 is 1.57 bits per heavy atom. The van der Waals surface area contributed by atoms with E-state index in [-0.39, 0.29) is 16.8 Å². The van der Waals surface area contributed by atoms with Crippen molar-refractivity contribution in [2.45, 2.75) is 114 Å². The minimum Gasteiger partial charge on any atom is -0.469 e. The molecule has 0 aromatic heterocycles. The molecule has 0 saturated heterocycles. The van der Waals surface area contributed by atoms with E-state index in [4.69, 9.17) is 4.74 Å². The molecular weight excluding hydrogens is 428 g/mol. The zero-order valence-electron chi connectivity index (χ0n) is 24.6. The number of esters is 1. The molecule has 4 saturated carbocycles. The van der Waals surface area contributed by atoms with Crippen molar-refractivity contribution in [3.63, 3.8) is 0 Å². The molecule has 0 aromatic carbocycles. The molecule has 35 heavy (non-hydrogen) atoms. The molecule has 4 fully saturated rings. The molecule has 0 amide bonds. The molecular formula is C33H54O2. The van der Waals surface area contributed by atoms with Gasteiger partial charge in [0.25, 0.3) is 0 Å². The van der Waals surface area contributed by atoms with Crippen molar-refractivity contribution < 1.29 is 9.53 Å². The summed E-state index contributed by atoms with van der Waals surface area (Å²) in [4.78, 5) is 13.4. The van der Waals surface area contributed by atoms with Gasteiger partial charge in [-0.25, -0.2) is 0 Å². The Hall–Kier alpha value is -0.790. The molecule has 0 spiro atoms. The van der Waals surface area contributed by atoms with E-state index >= 15 is 0 Å². The molecule has 198 valence electrons. The Balaban J connectivity index is 1.62. The molecule has 11 atom stereocenters. The molecule has 0 N–H and O–H groups in total. The number of allylic oxidation sites excluding steroid dienone is 2. The molecule has 0 bridgehead atoms. The molecule has 0 aliphatic heterocycles. The molecule has 2 unspecified atom stereocenters. The summed E-state index contributed by atoms with van der Waals surface area (Å²) in [6.07, 6.45) is 12.3. The second-order valence-electron chi connectivity index (χ2n) is 15.6. The third kappa shape index (κ3) is 3.04. The van der Waals surface area contributed by atoms with Gasteiger partial charge in [0.2, 0.25) is 0 Å². The van der Waals surface area contributed by atoms with Gasteiger partial charge in [-0.15, -0.1) is 0 Å². The molecule has 0 heterocycles. The molecule has 5 aliphatic rings. The Labute approximate surface area is 216 Å². The van der Waals surface area contributed by atoms with Crippen molar-refractivity contribution in [1.29, 1.82) is 0 Å². The van der Waals surface area contributed by atoms with Gasteiger partial charge in [-0.1, -0.05) is 74.0 Å². The SMILES string of the molecule is COC(=O)[C@]12CC[C@@H](C)[C@H](C)[C@H]1C1=CCC3[C@@]4(C)C[C@@H](C)[C@H](C)C(C)(C)C4CC[C@@]3(C)[C@]1(C)CC2. The second-order valence-corrected chi connectivity index (χ2v) is 15.6. The predicted molar refractivity (Wildman–Crippen MR) is 145 cm³/mol. The third-order valence-electron chi connectivity index (χ3n) is 14.5. The van der Waals surface area contributed by atoms with Crippen LogP contribution in [-0.4, -0.2) is 13.1 Å². The minimum atomic E-state index is -0.299. The second kappa shape index (κ2) is 7.86. The first-order valence-corrected chi connectivity index (χ1v) is 15.0. The highest BCUT2D eigenvalue weighted by Gasteiger charge is 2.69. The van der Waals surface area contributed by atoms with E-state index in [0.717, 1.165) is 49.4 Å². The van der Waals surface area contributed by atoms with E-state index in [2.05, 4.69) is 68.4 Å². The maximum atomic E-state index is 13.4. The maximum Gasteiger partial charge on any atom is 0.312 e. The number of methoxy groups -OCH3 is 1. The smallest absolute Gasteiger partial charge is 0.312 e. The minimum absolute atomic E-state index is 0.0731. The Kier molecular flexibility index (Phi) is 5.80. The van der Waals surface area contributed by atoms with Gasteiger partial charge in [0.1, 0.15) is 0 Å². The Morgan fingerprint density at radius 1 is 0.886 bits per heavy atom. The lowest BCUT2D eigenvalue weighted by atomic mass is 9.32. The Bertz CT molecular complexity index is 916. The molecule has 2 nitrogen and oxygen atoms in total. The Morgan fingerprint density at radius 3 is 2.23 bits per heavy atom. The van der Waals surface area contributed by atoms with Gasteiger partial charge in [-0.2, -0.15) is 0 Å². The van der Waals surface area contributed by atoms with Crippen molar-refractivity contribution in [3.05, 3.63) is 11.6 Å². The van der Waals surface area contributed by atoms with E-state index in [1.54, 1.807) is 12.7 Å². The van der Waals surface area contributed by atoms with Crippen molar-refractivity contribution >= 4 is 5.97 Å². The number of ether oxygens (including phenoxy) is 1. The highest BCUT2D eigenvalue weighted by Crippen LogP contribution is 2.76. The fraction of sp³-hybridized carbons (Fsp3) is 0.909. The standard InChI is InChI=1S/C33H54O2/c1-20-13-16-33(28(34)35-10)18-17-31(8)24(27(33)22(20)3)11-12-26-30(7)19-21(2)23(4)29(5,6)25(30)14-15-32(26,31)9/h11,20-23,25-27H,12-19H2,1-10H3/t20-,21-,22+,23+,25?,26?,27+,30+,31-,32-,33+/m1/s1. The molecule has 0 aromatic rings. The van der Waals surface area contributed by atoms with Crippen molar-refractivity contribution in [2.75, 3.05) is 7.11 Å². The van der Waals surface area contributed by atoms with Crippen LogP contribution in [0.1, 0.15) is 114 Å². The molecule has 0 radical (unpaired) electrons. The number of fused-ring (bicyclic) bond motifs is 7. The fourth-order valence-electron chi connectivity index (χ4n) is 11.8. The van der Waals surface area contributed by atoms with E-state index in [1.165, 1.54) is 25.7 Å². The van der Waals surface area contributed by atoms with Gasteiger partial charge in [0.05, 0.1) is 12.5 Å². The van der Waals surface area contributed by atoms with E-state index in [9.17, 15) is 4.79 Å². The van der Waals surface area contributed by atoms with Crippen LogP contribution in [0.3, 0.4) is 0 Å². The maximum absolute atomic E-state index is 13.4. The molecule has 2 heteroatoms. The average Bonchev–Trinajstić information content (AvgIpc) is 2.79. The van der Waals surface area contributed by atoms with Gasteiger partial charge in [0, 0.05) is 0 Å².